The van der Waals surface area contributed by atoms with Crippen LogP contribution in [-0.4, -0.2) is 55.1 Å². The number of likely N-dealkylation sites (N-methyl/N-ethyl adjacent to an activating group) is 1. The van der Waals surface area contributed by atoms with E-state index in [0.717, 1.165) is 44.9 Å². The van der Waals surface area contributed by atoms with Gasteiger partial charge in [0.15, 0.2) is 0 Å². The first kappa shape index (κ1) is 13.7. The van der Waals surface area contributed by atoms with Gasteiger partial charge in [-0.05, 0) is 38.1 Å². The zero-order valence-corrected chi connectivity index (χ0v) is 11.8. The van der Waals surface area contributed by atoms with Crippen LogP contribution in [0.3, 0.4) is 0 Å². The van der Waals surface area contributed by atoms with Gasteiger partial charge < -0.3 is 15.1 Å². The maximum atomic E-state index is 12.3. The molecular formula is C14H27N3O. The number of nitrogens with zero attached hydrogens (tertiary/aromatic N) is 2. The molecule has 0 aromatic carbocycles. The highest BCUT2D eigenvalue weighted by Crippen LogP contribution is 2.17. The van der Waals surface area contributed by atoms with E-state index in [1.807, 2.05) is 16.8 Å². The van der Waals surface area contributed by atoms with Crippen molar-refractivity contribution in [1.82, 2.24) is 15.1 Å². The molecule has 0 aromatic heterocycles. The molecule has 2 aliphatic rings. The molecule has 2 rings (SSSR count). The highest BCUT2D eigenvalue weighted by molar-refractivity contribution is 5.74. The summed E-state index contributed by atoms with van der Waals surface area (Å²) in [5.41, 5.74) is 0. The average molecular weight is 253 g/mol. The Morgan fingerprint density at radius 3 is 2.61 bits per heavy atom. The number of piperidine rings is 2. The molecule has 2 saturated heterocycles. The Balaban J connectivity index is 1.77. The van der Waals surface area contributed by atoms with Gasteiger partial charge in [0, 0.05) is 32.7 Å². The number of rotatable bonds is 2. The molecule has 1 N–H and O–H groups in total. The summed E-state index contributed by atoms with van der Waals surface area (Å²) >= 11 is 0. The molecule has 0 radical (unpaired) electrons. The normalized spacial score (nSPS) is 26.1. The van der Waals surface area contributed by atoms with Crippen LogP contribution in [0.5, 0.6) is 0 Å². The number of likely N-dealkylation sites (tertiary alicyclic amines) is 1. The molecule has 0 saturated carbocycles. The third kappa shape index (κ3) is 3.61. The predicted molar refractivity (Wildman–Crippen MR) is 73.6 cm³/mol. The number of urea groups is 1. The van der Waals surface area contributed by atoms with E-state index in [-0.39, 0.29) is 6.03 Å². The summed E-state index contributed by atoms with van der Waals surface area (Å²) in [6.07, 6.45) is 6.08. The second-order valence-electron chi connectivity index (χ2n) is 5.98. The van der Waals surface area contributed by atoms with Gasteiger partial charge in [-0.3, -0.25) is 0 Å². The molecule has 0 aliphatic carbocycles. The van der Waals surface area contributed by atoms with Gasteiger partial charge in [-0.25, -0.2) is 4.79 Å². The molecule has 2 amide bonds. The van der Waals surface area contributed by atoms with Crippen molar-refractivity contribution in [2.45, 2.75) is 45.1 Å². The van der Waals surface area contributed by atoms with Crippen molar-refractivity contribution in [3.05, 3.63) is 0 Å². The SMILES string of the molecule is CC1CCN(C(=O)N(C)CC2CCCCN2)CC1. The number of carbonyl (C=O) groups is 1. The van der Waals surface area contributed by atoms with Crippen LogP contribution < -0.4 is 5.32 Å². The molecule has 104 valence electrons. The van der Waals surface area contributed by atoms with E-state index in [9.17, 15) is 4.79 Å². The van der Waals surface area contributed by atoms with Crippen LogP contribution in [0.4, 0.5) is 4.79 Å². The molecule has 0 bridgehead atoms. The van der Waals surface area contributed by atoms with Crippen LogP contribution in [0.15, 0.2) is 0 Å². The second-order valence-corrected chi connectivity index (χ2v) is 5.98. The van der Waals surface area contributed by atoms with E-state index in [0.29, 0.717) is 6.04 Å². The second kappa shape index (κ2) is 6.41. The number of carbonyl (C=O) groups excluding carboxylic acids is 1. The summed E-state index contributed by atoms with van der Waals surface area (Å²) < 4.78 is 0. The van der Waals surface area contributed by atoms with Crippen molar-refractivity contribution in [2.75, 3.05) is 33.2 Å². The first-order valence-corrected chi connectivity index (χ1v) is 7.40. The number of nitrogens with one attached hydrogen (secondary N) is 1. The van der Waals surface area contributed by atoms with Gasteiger partial charge >= 0.3 is 6.03 Å². The van der Waals surface area contributed by atoms with Crippen molar-refractivity contribution in [3.8, 4) is 0 Å². The molecule has 2 aliphatic heterocycles. The van der Waals surface area contributed by atoms with E-state index < -0.39 is 0 Å². The average Bonchev–Trinajstić information content (AvgIpc) is 2.40. The molecule has 18 heavy (non-hydrogen) atoms. The summed E-state index contributed by atoms with van der Waals surface area (Å²) in [5, 5.41) is 3.50. The fourth-order valence-electron chi connectivity index (χ4n) is 2.93. The monoisotopic (exact) mass is 253 g/mol. The minimum absolute atomic E-state index is 0.217. The fraction of sp³-hybridized carbons (Fsp3) is 0.929. The van der Waals surface area contributed by atoms with Crippen molar-refractivity contribution in [3.63, 3.8) is 0 Å². The van der Waals surface area contributed by atoms with Crippen LogP contribution in [-0.2, 0) is 0 Å². The molecule has 0 spiro atoms. The first-order valence-electron chi connectivity index (χ1n) is 7.40. The van der Waals surface area contributed by atoms with E-state index >= 15 is 0 Å². The Morgan fingerprint density at radius 1 is 1.28 bits per heavy atom. The van der Waals surface area contributed by atoms with Crippen LogP contribution in [0.2, 0.25) is 0 Å². The van der Waals surface area contributed by atoms with Gasteiger partial charge in [0.2, 0.25) is 0 Å². The molecule has 2 heterocycles. The molecule has 4 nitrogen and oxygen atoms in total. The Kier molecular flexibility index (Phi) is 4.87. The highest BCUT2D eigenvalue weighted by atomic mass is 16.2. The van der Waals surface area contributed by atoms with Gasteiger partial charge in [0.05, 0.1) is 0 Å². The lowest BCUT2D eigenvalue weighted by Gasteiger charge is -2.35. The van der Waals surface area contributed by atoms with Crippen molar-refractivity contribution in [1.29, 1.82) is 0 Å². The van der Waals surface area contributed by atoms with Crippen molar-refractivity contribution >= 4 is 6.03 Å². The molecule has 4 heteroatoms. The van der Waals surface area contributed by atoms with Crippen LogP contribution in [0, 0.1) is 5.92 Å². The molecule has 0 aromatic rings. The maximum Gasteiger partial charge on any atom is 0.319 e. The summed E-state index contributed by atoms with van der Waals surface area (Å²) in [6.45, 7) is 6.10. The fourth-order valence-corrected chi connectivity index (χ4v) is 2.93. The lowest BCUT2D eigenvalue weighted by molar-refractivity contribution is 0.138. The molecule has 2 fully saturated rings. The first-order chi connectivity index (χ1) is 8.66. The highest BCUT2D eigenvalue weighted by Gasteiger charge is 2.24. The Morgan fingerprint density at radius 2 is 2.00 bits per heavy atom. The van der Waals surface area contributed by atoms with E-state index in [2.05, 4.69) is 12.2 Å². The molecular weight excluding hydrogens is 226 g/mol. The van der Waals surface area contributed by atoms with Crippen LogP contribution >= 0.6 is 0 Å². The van der Waals surface area contributed by atoms with Crippen molar-refractivity contribution in [2.24, 2.45) is 5.92 Å². The minimum atomic E-state index is 0.217. The lowest BCUT2D eigenvalue weighted by atomic mass is 9.99. The van der Waals surface area contributed by atoms with Crippen molar-refractivity contribution < 1.29 is 4.79 Å². The molecule has 1 atom stereocenters. The summed E-state index contributed by atoms with van der Waals surface area (Å²) in [4.78, 5) is 16.2. The summed E-state index contributed by atoms with van der Waals surface area (Å²) in [6, 6.07) is 0.714. The third-order valence-corrected chi connectivity index (χ3v) is 4.29. The third-order valence-electron chi connectivity index (χ3n) is 4.29. The van der Waals surface area contributed by atoms with E-state index in [4.69, 9.17) is 0 Å². The summed E-state index contributed by atoms with van der Waals surface area (Å²) in [5.74, 6) is 0.777. The van der Waals surface area contributed by atoms with Gasteiger partial charge in [0.1, 0.15) is 0 Å². The maximum absolute atomic E-state index is 12.3. The lowest BCUT2D eigenvalue weighted by Crippen LogP contribution is -2.50. The predicted octanol–water partition coefficient (Wildman–Crippen LogP) is 1.91. The van der Waals surface area contributed by atoms with Gasteiger partial charge in [-0.1, -0.05) is 13.3 Å². The largest absolute Gasteiger partial charge is 0.326 e. The standard InChI is InChI=1S/C14H27N3O/c1-12-6-9-17(10-7-12)14(18)16(2)11-13-5-3-4-8-15-13/h12-13,15H,3-11H2,1-2H3. The smallest absolute Gasteiger partial charge is 0.319 e. The van der Waals surface area contributed by atoms with Crippen LogP contribution in [0.25, 0.3) is 0 Å². The topological polar surface area (TPSA) is 35.6 Å². The van der Waals surface area contributed by atoms with E-state index in [1.54, 1.807) is 0 Å². The Labute approximate surface area is 111 Å². The zero-order valence-electron chi connectivity index (χ0n) is 11.8. The Bertz CT molecular complexity index is 268. The number of hydrogen-bond acceptors (Lipinski definition) is 2. The van der Waals surface area contributed by atoms with E-state index in [1.165, 1.54) is 19.3 Å². The number of hydrogen-bond donors (Lipinski definition) is 1. The number of amides is 2. The molecule has 1 unspecified atom stereocenters. The van der Waals surface area contributed by atoms with Crippen LogP contribution in [0.1, 0.15) is 39.0 Å². The minimum Gasteiger partial charge on any atom is -0.326 e. The Hall–Kier alpha value is -0.770. The van der Waals surface area contributed by atoms with Gasteiger partial charge in [-0.2, -0.15) is 0 Å². The van der Waals surface area contributed by atoms with Gasteiger partial charge in [0.25, 0.3) is 0 Å². The summed E-state index contributed by atoms with van der Waals surface area (Å²) in [7, 11) is 1.94. The van der Waals surface area contributed by atoms with Gasteiger partial charge in [-0.15, -0.1) is 0 Å². The zero-order chi connectivity index (χ0) is 13.0. The quantitative estimate of drug-likeness (QED) is 0.816.